The molecule has 0 saturated carbocycles. The number of likely N-dealkylation sites (N-methyl/N-ethyl adjacent to an activating group) is 1. The van der Waals surface area contributed by atoms with Crippen molar-refractivity contribution in [3.05, 3.63) is 41.4 Å². The van der Waals surface area contributed by atoms with E-state index >= 15 is 0 Å². The molecule has 0 fully saturated rings. The van der Waals surface area contributed by atoms with Gasteiger partial charge in [0, 0.05) is 25.0 Å². The first-order chi connectivity index (χ1) is 8.16. The van der Waals surface area contributed by atoms with Crippen molar-refractivity contribution in [2.24, 2.45) is 0 Å². The zero-order valence-corrected chi connectivity index (χ0v) is 10.7. The van der Waals surface area contributed by atoms with Crippen LogP contribution in [0.25, 0.3) is 10.6 Å². The zero-order valence-electron chi connectivity index (χ0n) is 9.88. The lowest BCUT2D eigenvalue weighted by Gasteiger charge is -2.07. The number of amides is 1. The Morgan fingerprint density at radius 1 is 1.29 bits per heavy atom. The normalized spacial score (nSPS) is 10.2. The van der Waals surface area contributed by atoms with Crippen molar-refractivity contribution in [1.82, 2.24) is 9.88 Å². The molecule has 2 aromatic rings. The first-order valence-corrected chi connectivity index (χ1v) is 6.25. The van der Waals surface area contributed by atoms with Gasteiger partial charge in [-0.15, -0.1) is 11.3 Å². The number of rotatable bonds is 3. The summed E-state index contributed by atoms with van der Waals surface area (Å²) in [5.74, 6) is 0.0786. The minimum Gasteiger partial charge on any atom is -0.348 e. The Balaban J connectivity index is 2.14. The van der Waals surface area contributed by atoms with Gasteiger partial charge in [-0.1, -0.05) is 30.3 Å². The average molecular weight is 246 g/mol. The maximum Gasteiger partial charge on any atom is 0.228 e. The quantitative estimate of drug-likeness (QED) is 0.833. The van der Waals surface area contributed by atoms with Gasteiger partial charge in [0.1, 0.15) is 5.01 Å². The molecule has 0 bridgehead atoms. The number of carbonyl (C=O) groups is 1. The third kappa shape index (κ3) is 2.91. The van der Waals surface area contributed by atoms with Crippen molar-refractivity contribution in [3.8, 4) is 10.6 Å². The first-order valence-electron chi connectivity index (χ1n) is 5.37. The molecule has 0 unspecified atom stereocenters. The van der Waals surface area contributed by atoms with Crippen LogP contribution >= 0.6 is 11.3 Å². The summed E-state index contributed by atoms with van der Waals surface area (Å²) in [5, 5.41) is 2.91. The van der Waals surface area contributed by atoms with E-state index in [1.54, 1.807) is 30.3 Å². The zero-order chi connectivity index (χ0) is 12.3. The molecule has 1 aromatic heterocycles. The van der Waals surface area contributed by atoms with Crippen LogP contribution < -0.4 is 0 Å². The number of benzene rings is 1. The van der Waals surface area contributed by atoms with Crippen LogP contribution in [0, 0.1) is 0 Å². The molecule has 0 saturated heterocycles. The van der Waals surface area contributed by atoms with Crippen LogP contribution in [0.15, 0.2) is 35.7 Å². The van der Waals surface area contributed by atoms with Crippen LogP contribution in [-0.2, 0) is 11.2 Å². The average Bonchev–Trinajstić information content (AvgIpc) is 2.78. The smallest absolute Gasteiger partial charge is 0.228 e. The van der Waals surface area contributed by atoms with E-state index in [2.05, 4.69) is 4.98 Å². The fraction of sp³-hybridized carbons (Fsp3) is 0.231. The lowest BCUT2D eigenvalue weighted by Crippen LogP contribution is -2.23. The van der Waals surface area contributed by atoms with Gasteiger partial charge in [-0.2, -0.15) is 0 Å². The van der Waals surface area contributed by atoms with E-state index in [4.69, 9.17) is 0 Å². The molecule has 17 heavy (non-hydrogen) atoms. The SMILES string of the molecule is CN(C)C(=O)Cc1csc(-c2ccccc2)n1. The maximum absolute atomic E-state index is 11.5. The van der Waals surface area contributed by atoms with E-state index in [0.29, 0.717) is 6.42 Å². The van der Waals surface area contributed by atoms with Gasteiger partial charge >= 0.3 is 0 Å². The van der Waals surface area contributed by atoms with Crippen LogP contribution in [-0.4, -0.2) is 29.9 Å². The Morgan fingerprint density at radius 2 is 2.00 bits per heavy atom. The summed E-state index contributed by atoms with van der Waals surface area (Å²) in [7, 11) is 3.51. The van der Waals surface area contributed by atoms with Gasteiger partial charge in [-0.3, -0.25) is 4.79 Å². The molecule has 0 aliphatic heterocycles. The molecule has 2 rings (SSSR count). The number of aromatic nitrogens is 1. The molecular formula is C13H14N2OS. The molecule has 1 heterocycles. The Hall–Kier alpha value is -1.68. The van der Waals surface area contributed by atoms with E-state index in [0.717, 1.165) is 16.3 Å². The molecule has 0 aliphatic carbocycles. The molecular weight excluding hydrogens is 232 g/mol. The van der Waals surface area contributed by atoms with Crippen LogP contribution in [0.2, 0.25) is 0 Å². The van der Waals surface area contributed by atoms with Gasteiger partial charge in [-0.05, 0) is 0 Å². The summed E-state index contributed by atoms with van der Waals surface area (Å²) >= 11 is 1.57. The van der Waals surface area contributed by atoms with E-state index in [-0.39, 0.29) is 5.91 Å². The molecule has 0 atom stereocenters. The highest BCUT2D eigenvalue weighted by molar-refractivity contribution is 7.13. The highest BCUT2D eigenvalue weighted by Gasteiger charge is 2.09. The van der Waals surface area contributed by atoms with Crippen LogP contribution in [0.3, 0.4) is 0 Å². The van der Waals surface area contributed by atoms with Gasteiger partial charge in [-0.25, -0.2) is 4.98 Å². The minimum absolute atomic E-state index is 0.0786. The maximum atomic E-state index is 11.5. The Kier molecular flexibility index (Phi) is 3.54. The number of thiazole rings is 1. The van der Waals surface area contributed by atoms with Gasteiger partial charge in [0.25, 0.3) is 0 Å². The third-order valence-electron chi connectivity index (χ3n) is 2.40. The van der Waals surface area contributed by atoms with Crippen LogP contribution in [0.1, 0.15) is 5.69 Å². The Morgan fingerprint density at radius 3 is 2.65 bits per heavy atom. The second-order valence-electron chi connectivity index (χ2n) is 3.97. The number of nitrogens with zero attached hydrogens (tertiary/aromatic N) is 2. The van der Waals surface area contributed by atoms with E-state index < -0.39 is 0 Å². The van der Waals surface area contributed by atoms with Crippen molar-refractivity contribution < 1.29 is 4.79 Å². The third-order valence-corrected chi connectivity index (χ3v) is 3.34. The molecule has 1 amide bonds. The molecule has 1 aromatic carbocycles. The summed E-state index contributed by atoms with van der Waals surface area (Å²) < 4.78 is 0. The fourth-order valence-corrected chi connectivity index (χ4v) is 2.24. The predicted octanol–water partition coefficient (Wildman–Crippen LogP) is 2.44. The van der Waals surface area contributed by atoms with Gasteiger partial charge in [0.2, 0.25) is 5.91 Å². The largest absolute Gasteiger partial charge is 0.348 e. The minimum atomic E-state index is 0.0786. The molecule has 0 radical (unpaired) electrons. The second kappa shape index (κ2) is 5.10. The molecule has 88 valence electrons. The summed E-state index contributed by atoms with van der Waals surface area (Å²) in [4.78, 5) is 17.6. The van der Waals surface area contributed by atoms with Crippen molar-refractivity contribution in [1.29, 1.82) is 0 Å². The van der Waals surface area contributed by atoms with Crippen molar-refractivity contribution in [3.63, 3.8) is 0 Å². The Bertz CT molecular complexity index is 505. The van der Waals surface area contributed by atoms with Gasteiger partial charge in [0.15, 0.2) is 0 Å². The predicted molar refractivity (Wildman–Crippen MR) is 69.9 cm³/mol. The first kappa shape index (κ1) is 11.8. The number of hydrogen-bond donors (Lipinski definition) is 0. The highest BCUT2D eigenvalue weighted by atomic mass is 32.1. The monoisotopic (exact) mass is 246 g/mol. The molecule has 4 heteroatoms. The number of hydrogen-bond acceptors (Lipinski definition) is 3. The molecule has 3 nitrogen and oxygen atoms in total. The summed E-state index contributed by atoms with van der Waals surface area (Å²) in [5.41, 5.74) is 1.94. The van der Waals surface area contributed by atoms with Gasteiger partial charge < -0.3 is 4.90 Å². The van der Waals surface area contributed by atoms with Crippen LogP contribution in [0.5, 0.6) is 0 Å². The van der Waals surface area contributed by atoms with Gasteiger partial charge in [0.05, 0.1) is 12.1 Å². The van der Waals surface area contributed by atoms with Crippen molar-refractivity contribution >= 4 is 17.2 Å². The van der Waals surface area contributed by atoms with Crippen molar-refractivity contribution in [2.45, 2.75) is 6.42 Å². The van der Waals surface area contributed by atoms with Crippen LogP contribution in [0.4, 0.5) is 0 Å². The van der Waals surface area contributed by atoms with E-state index in [1.165, 1.54) is 0 Å². The Labute approximate surface area is 105 Å². The standard InChI is InChI=1S/C13H14N2OS/c1-15(2)12(16)8-11-9-17-13(14-11)10-6-4-3-5-7-10/h3-7,9H,8H2,1-2H3. The van der Waals surface area contributed by atoms with E-state index in [1.807, 2.05) is 35.7 Å². The molecule has 0 N–H and O–H groups in total. The highest BCUT2D eigenvalue weighted by Crippen LogP contribution is 2.23. The summed E-state index contributed by atoms with van der Waals surface area (Å²) in [6.45, 7) is 0. The lowest BCUT2D eigenvalue weighted by atomic mass is 10.2. The second-order valence-corrected chi connectivity index (χ2v) is 4.83. The molecule has 0 aliphatic rings. The lowest BCUT2D eigenvalue weighted by molar-refractivity contribution is -0.128. The van der Waals surface area contributed by atoms with Crippen molar-refractivity contribution in [2.75, 3.05) is 14.1 Å². The fourth-order valence-electron chi connectivity index (χ4n) is 1.41. The molecule has 0 spiro atoms. The number of carbonyl (C=O) groups excluding carboxylic acids is 1. The summed E-state index contributed by atoms with van der Waals surface area (Å²) in [6.07, 6.45) is 0.371. The summed E-state index contributed by atoms with van der Waals surface area (Å²) in [6, 6.07) is 10.0. The van der Waals surface area contributed by atoms with E-state index in [9.17, 15) is 4.79 Å². The topological polar surface area (TPSA) is 33.2 Å².